The number of guanidine groups is 1. The molecule has 0 aliphatic carbocycles. The number of hydrogen-bond acceptors (Lipinski definition) is 3. The lowest BCUT2D eigenvalue weighted by Crippen LogP contribution is -2.43. The maximum absolute atomic E-state index is 13.6. The van der Waals surface area contributed by atoms with Gasteiger partial charge in [-0.05, 0) is 23.8 Å². The Morgan fingerprint density at radius 3 is 2.61 bits per heavy atom. The molecule has 1 aliphatic heterocycles. The monoisotopic (exact) mass is 547 g/mol. The maximum atomic E-state index is 13.6. The van der Waals surface area contributed by atoms with Crippen LogP contribution in [0.25, 0.3) is 0 Å². The van der Waals surface area contributed by atoms with E-state index in [4.69, 9.17) is 0 Å². The van der Waals surface area contributed by atoms with Crippen molar-refractivity contribution in [1.82, 2.24) is 10.6 Å². The van der Waals surface area contributed by atoms with Crippen molar-refractivity contribution in [1.29, 1.82) is 0 Å². The summed E-state index contributed by atoms with van der Waals surface area (Å²) in [4.78, 5) is 27.9. The van der Waals surface area contributed by atoms with Crippen LogP contribution < -0.4 is 21.3 Å². The van der Waals surface area contributed by atoms with Gasteiger partial charge >= 0.3 is 0 Å². The van der Waals surface area contributed by atoms with Gasteiger partial charge in [-0.1, -0.05) is 18.2 Å². The quantitative estimate of drug-likeness (QED) is 0.201. The van der Waals surface area contributed by atoms with E-state index in [1.165, 1.54) is 7.05 Å². The molecule has 0 spiro atoms. The highest BCUT2D eigenvalue weighted by atomic mass is 127. The van der Waals surface area contributed by atoms with E-state index in [1.807, 2.05) is 24.3 Å². The Hall–Kier alpha value is -2.83. The molecule has 0 bridgehead atoms. The third kappa shape index (κ3) is 6.09. The van der Waals surface area contributed by atoms with E-state index in [2.05, 4.69) is 26.3 Å². The van der Waals surface area contributed by atoms with Crippen molar-refractivity contribution in [2.75, 3.05) is 30.8 Å². The summed E-state index contributed by atoms with van der Waals surface area (Å²) in [7, 11) is 1.50. The standard InChI is InChI=1S/C20H20F3N5O2.HI/c1-24-20(25-9-11-8-16(29)27-14-5-3-2-4-12(11)14)26-10-17(30)28-15-7-6-13(21)18(22)19(15)23;/h2-7,11H,8-10H2,1H3,(H,27,29)(H,28,30)(H2,24,25,26);1H. The molecule has 0 saturated heterocycles. The fraction of sp³-hybridized carbons (Fsp3) is 0.250. The number of amides is 2. The summed E-state index contributed by atoms with van der Waals surface area (Å²) in [5.41, 5.74) is 1.29. The fourth-order valence-corrected chi connectivity index (χ4v) is 3.11. The molecule has 166 valence electrons. The molecule has 1 heterocycles. The molecule has 2 aromatic rings. The molecule has 0 radical (unpaired) electrons. The second-order valence-electron chi connectivity index (χ2n) is 6.61. The Balaban J connectivity index is 0.00000341. The van der Waals surface area contributed by atoms with E-state index in [9.17, 15) is 22.8 Å². The summed E-state index contributed by atoms with van der Waals surface area (Å²) in [6.07, 6.45) is 0.302. The number of para-hydroxylation sites is 1. The Morgan fingerprint density at radius 2 is 1.87 bits per heavy atom. The lowest BCUT2D eigenvalue weighted by atomic mass is 9.90. The van der Waals surface area contributed by atoms with Crippen LogP contribution in [0.4, 0.5) is 24.5 Å². The highest BCUT2D eigenvalue weighted by Crippen LogP contribution is 2.31. The molecule has 1 unspecified atom stereocenters. The summed E-state index contributed by atoms with van der Waals surface area (Å²) in [6, 6.07) is 9.14. The Bertz CT molecular complexity index is 1000. The minimum atomic E-state index is -1.66. The summed E-state index contributed by atoms with van der Waals surface area (Å²) < 4.78 is 39.9. The van der Waals surface area contributed by atoms with Crippen LogP contribution in [0.15, 0.2) is 41.4 Å². The number of nitrogens with zero attached hydrogens (tertiary/aromatic N) is 1. The lowest BCUT2D eigenvalue weighted by molar-refractivity contribution is -0.117. The minimum absolute atomic E-state index is 0. The molecule has 2 aromatic carbocycles. The largest absolute Gasteiger partial charge is 0.356 e. The first-order valence-corrected chi connectivity index (χ1v) is 9.15. The third-order valence-corrected chi connectivity index (χ3v) is 4.57. The van der Waals surface area contributed by atoms with Crippen molar-refractivity contribution in [2.45, 2.75) is 12.3 Å². The van der Waals surface area contributed by atoms with Gasteiger partial charge in [0.15, 0.2) is 23.4 Å². The van der Waals surface area contributed by atoms with Gasteiger partial charge in [0, 0.05) is 31.6 Å². The maximum Gasteiger partial charge on any atom is 0.243 e. The van der Waals surface area contributed by atoms with E-state index >= 15 is 0 Å². The van der Waals surface area contributed by atoms with Gasteiger partial charge in [0.25, 0.3) is 0 Å². The molecule has 0 fully saturated rings. The molecule has 11 heteroatoms. The number of benzene rings is 2. The Morgan fingerprint density at radius 1 is 1.13 bits per heavy atom. The Kier molecular flexibility index (Phi) is 8.65. The number of aliphatic imine (C=N–C) groups is 1. The highest BCUT2D eigenvalue weighted by Gasteiger charge is 2.24. The number of halogens is 4. The van der Waals surface area contributed by atoms with Crippen molar-refractivity contribution < 1.29 is 22.8 Å². The van der Waals surface area contributed by atoms with Crippen molar-refractivity contribution in [3.63, 3.8) is 0 Å². The first-order valence-electron chi connectivity index (χ1n) is 9.15. The van der Waals surface area contributed by atoms with Crippen LogP contribution in [0.1, 0.15) is 17.9 Å². The second kappa shape index (κ2) is 11.0. The average molecular weight is 547 g/mol. The summed E-state index contributed by atoms with van der Waals surface area (Å²) in [5.74, 6) is -5.03. The summed E-state index contributed by atoms with van der Waals surface area (Å²) in [5, 5.41) is 10.8. The number of carbonyl (C=O) groups excluding carboxylic acids is 2. The second-order valence-corrected chi connectivity index (χ2v) is 6.61. The number of hydrogen-bond donors (Lipinski definition) is 4. The lowest BCUT2D eigenvalue weighted by Gasteiger charge is -2.26. The van der Waals surface area contributed by atoms with Crippen LogP contribution in [0.3, 0.4) is 0 Å². The van der Waals surface area contributed by atoms with Gasteiger partial charge in [0.2, 0.25) is 11.8 Å². The normalized spacial score (nSPS) is 15.3. The molecule has 0 aromatic heterocycles. The first kappa shape index (κ1) is 24.4. The first-order chi connectivity index (χ1) is 14.4. The number of anilines is 2. The van der Waals surface area contributed by atoms with Crippen molar-refractivity contribution in [3.8, 4) is 0 Å². The zero-order chi connectivity index (χ0) is 21.7. The van der Waals surface area contributed by atoms with Crippen molar-refractivity contribution >= 4 is 53.1 Å². The molecular weight excluding hydrogens is 526 g/mol. The van der Waals surface area contributed by atoms with Gasteiger partial charge in [-0.25, -0.2) is 13.2 Å². The topological polar surface area (TPSA) is 94.6 Å². The van der Waals surface area contributed by atoms with Gasteiger partial charge in [-0.15, -0.1) is 24.0 Å². The predicted molar refractivity (Wildman–Crippen MR) is 122 cm³/mol. The SMILES string of the molecule is CN=C(NCC(=O)Nc1ccc(F)c(F)c1F)NCC1CC(=O)Nc2ccccc21.I. The van der Waals surface area contributed by atoms with Crippen LogP contribution in [0.2, 0.25) is 0 Å². The molecule has 1 atom stereocenters. The molecule has 2 amide bonds. The number of rotatable bonds is 5. The zero-order valence-corrected chi connectivity index (χ0v) is 18.8. The fourth-order valence-electron chi connectivity index (χ4n) is 3.11. The summed E-state index contributed by atoms with van der Waals surface area (Å²) >= 11 is 0. The van der Waals surface area contributed by atoms with Gasteiger partial charge in [0.05, 0.1) is 12.2 Å². The number of fused-ring (bicyclic) bond motifs is 1. The van der Waals surface area contributed by atoms with E-state index in [0.717, 1.165) is 23.4 Å². The highest BCUT2D eigenvalue weighted by molar-refractivity contribution is 14.0. The van der Waals surface area contributed by atoms with E-state index in [0.29, 0.717) is 18.9 Å². The van der Waals surface area contributed by atoms with Gasteiger partial charge in [-0.3, -0.25) is 14.6 Å². The smallest absolute Gasteiger partial charge is 0.243 e. The average Bonchev–Trinajstić information content (AvgIpc) is 2.74. The molecule has 3 rings (SSSR count). The molecule has 1 aliphatic rings. The zero-order valence-electron chi connectivity index (χ0n) is 16.5. The van der Waals surface area contributed by atoms with Gasteiger partial charge < -0.3 is 21.3 Å². The molecule has 0 saturated carbocycles. The minimum Gasteiger partial charge on any atom is -0.356 e. The third-order valence-electron chi connectivity index (χ3n) is 4.57. The van der Waals surface area contributed by atoms with Crippen LogP contribution in [0, 0.1) is 17.5 Å². The van der Waals surface area contributed by atoms with Crippen molar-refractivity contribution in [2.24, 2.45) is 4.99 Å². The van der Waals surface area contributed by atoms with Crippen LogP contribution in [-0.2, 0) is 9.59 Å². The Labute approximate surface area is 193 Å². The molecule has 7 nitrogen and oxygen atoms in total. The summed E-state index contributed by atoms with van der Waals surface area (Å²) in [6.45, 7) is 0.101. The number of nitrogens with one attached hydrogen (secondary N) is 4. The van der Waals surface area contributed by atoms with E-state index in [1.54, 1.807) is 0 Å². The van der Waals surface area contributed by atoms with Crippen molar-refractivity contribution in [3.05, 3.63) is 59.4 Å². The molecule has 31 heavy (non-hydrogen) atoms. The molecule has 4 N–H and O–H groups in total. The van der Waals surface area contributed by atoms with E-state index in [-0.39, 0.29) is 42.3 Å². The van der Waals surface area contributed by atoms with Crippen LogP contribution in [-0.4, -0.2) is 37.9 Å². The number of carbonyl (C=O) groups is 2. The van der Waals surface area contributed by atoms with E-state index < -0.39 is 29.0 Å². The van der Waals surface area contributed by atoms with Crippen LogP contribution in [0.5, 0.6) is 0 Å². The molecular formula is C20H21F3IN5O2. The van der Waals surface area contributed by atoms with Crippen LogP contribution >= 0.6 is 24.0 Å². The van der Waals surface area contributed by atoms with Gasteiger partial charge in [-0.2, -0.15) is 0 Å². The van der Waals surface area contributed by atoms with Gasteiger partial charge in [0.1, 0.15) is 0 Å². The predicted octanol–water partition coefficient (Wildman–Crippen LogP) is 2.95.